The van der Waals surface area contributed by atoms with Crippen molar-refractivity contribution in [3.8, 4) is 0 Å². The summed E-state index contributed by atoms with van der Waals surface area (Å²) < 4.78 is 0. The zero-order valence-corrected chi connectivity index (χ0v) is 37.9. The van der Waals surface area contributed by atoms with Crippen LogP contribution in [0, 0.1) is 0 Å². The van der Waals surface area contributed by atoms with Gasteiger partial charge in [-0.2, -0.15) is 0 Å². The third kappa shape index (κ3) is 43.7. The lowest BCUT2D eigenvalue weighted by molar-refractivity contribution is -0.123. The zero-order valence-electron chi connectivity index (χ0n) is 37.9. The van der Waals surface area contributed by atoms with Crippen LogP contribution in [0.15, 0.2) is 36.5 Å². The molecule has 3 N–H and O–H groups in total. The fourth-order valence-corrected chi connectivity index (χ4v) is 7.74. The number of aliphatic hydroxyl groups excluding tert-OH is 2. The summed E-state index contributed by atoms with van der Waals surface area (Å²) in [6, 6.07) is -0.643. The first-order valence-corrected chi connectivity index (χ1v) is 25.2. The van der Waals surface area contributed by atoms with Crippen molar-refractivity contribution in [2.75, 3.05) is 6.61 Å². The summed E-state index contributed by atoms with van der Waals surface area (Å²) in [5.41, 5.74) is 0. The highest BCUT2D eigenvalue weighted by Crippen LogP contribution is 2.16. The van der Waals surface area contributed by atoms with Crippen LogP contribution in [0.2, 0.25) is 0 Å². The maximum atomic E-state index is 12.4. The molecule has 4 heteroatoms. The standard InChI is InChI=1S/C52H99NO3/c1-3-5-7-9-11-13-15-17-19-21-23-24-25-26-27-28-30-32-34-36-38-40-42-44-46-48-52(56)53-50(49-54)51(55)47-45-43-41-39-37-35-33-31-29-22-20-18-16-14-12-10-8-6-4-2/h29,31,37,39,45,47,50-51,54-55H,3-28,30,32-36,38,40-44,46,48-49H2,1-2H3,(H,53,56)/b31-29+,39-37+,47-45+. The van der Waals surface area contributed by atoms with Gasteiger partial charge in [-0.1, -0.05) is 256 Å². The van der Waals surface area contributed by atoms with Crippen LogP contribution in [0.5, 0.6) is 0 Å². The van der Waals surface area contributed by atoms with E-state index in [1.54, 1.807) is 6.08 Å². The van der Waals surface area contributed by atoms with Crippen molar-refractivity contribution in [2.24, 2.45) is 0 Å². The lowest BCUT2D eigenvalue weighted by Gasteiger charge is -2.19. The van der Waals surface area contributed by atoms with Crippen LogP contribution in [0.25, 0.3) is 0 Å². The number of nitrogens with one attached hydrogen (secondary N) is 1. The fourth-order valence-electron chi connectivity index (χ4n) is 7.74. The quantitative estimate of drug-likeness (QED) is 0.0425. The van der Waals surface area contributed by atoms with Gasteiger partial charge in [0.25, 0.3) is 0 Å². The second kappa shape index (κ2) is 48.0. The van der Waals surface area contributed by atoms with Crippen LogP contribution in [0.3, 0.4) is 0 Å². The molecule has 1 amide bonds. The molecule has 0 aromatic heterocycles. The van der Waals surface area contributed by atoms with Gasteiger partial charge in [0.15, 0.2) is 0 Å². The van der Waals surface area contributed by atoms with Gasteiger partial charge in [0.2, 0.25) is 5.91 Å². The predicted octanol–water partition coefficient (Wildman–Crippen LogP) is 16.1. The number of unbranched alkanes of at least 4 members (excludes halogenated alkanes) is 35. The second-order valence-electron chi connectivity index (χ2n) is 17.2. The van der Waals surface area contributed by atoms with E-state index in [1.165, 1.54) is 212 Å². The highest BCUT2D eigenvalue weighted by atomic mass is 16.3. The molecule has 2 unspecified atom stereocenters. The molecule has 0 rings (SSSR count). The zero-order chi connectivity index (χ0) is 40.7. The van der Waals surface area contributed by atoms with E-state index in [0.29, 0.717) is 6.42 Å². The summed E-state index contributed by atoms with van der Waals surface area (Å²) in [5, 5.41) is 23.1. The molecular weight excluding hydrogens is 687 g/mol. The van der Waals surface area contributed by atoms with Gasteiger partial charge >= 0.3 is 0 Å². The molecule has 4 nitrogen and oxygen atoms in total. The maximum absolute atomic E-state index is 12.4. The number of hydrogen-bond donors (Lipinski definition) is 3. The van der Waals surface area contributed by atoms with E-state index in [1.807, 2.05) is 6.08 Å². The van der Waals surface area contributed by atoms with Crippen LogP contribution < -0.4 is 5.32 Å². The number of hydrogen-bond acceptors (Lipinski definition) is 3. The Morgan fingerprint density at radius 1 is 0.411 bits per heavy atom. The number of amides is 1. The first-order chi connectivity index (χ1) is 27.7. The van der Waals surface area contributed by atoms with Gasteiger partial charge in [-0.05, 0) is 44.9 Å². The Labute approximate surface area is 351 Å². The van der Waals surface area contributed by atoms with Gasteiger partial charge in [0.1, 0.15) is 0 Å². The highest BCUT2D eigenvalue weighted by molar-refractivity contribution is 5.76. The minimum atomic E-state index is -0.868. The second-order valence-corrected chi connectivity index (χ2v) is 17.2. The third-order valence-electron chi connectivity index (χ3n) is 11.6. The third-order valence-corrected chi connectivity index (χ3v) is 11.6. The lowest BCUT2D eigenvalue weighted by Crippen LogP contribution is -2.45. The maximum Gasteiger partial charge on any atom is 0.220 e. The fraction of sp³-hybridized carbons (Fsp3) is 0.865. The average Bonchev–Trinajstić information content (AvgIpc) is 3.20. The van der Waals surface area contributed by atoms with E-state index in [-0.39, 0.29) is 12.5 Å². The van der Waals surface area contributed by atoms with Gasteiger partial charge in [-0.3, -0.25) is 4.79 Å². The van der Waals surface area contributed by atoms with E-state index in [4.69, 9.17) is 0 Å². The summed E-state index contributed by atoms with van der Waals surface area (Å²) in [4.78, 5) is 12.4. The van der Waals surface area contributed by atoms with Crippen LogP contribution in [0.1, 0.15) is 271 Å². The average molecular weight is 786 g/mol. The van der Waals surface area contributed by atoms with Crippen LogP contribution in [0.4, 0.5) is 0 Å². The van der Waals surface area contributed by atoms with Crippen molar-refractivity contribution < 1.29 is 15.0 Å². The molecular formula is C52H99NO3. The van der Waals surface area contributed by atoms with Crippen LogP contribution >= 0.6 is 0 Å². The molecule has 0 radical (unpaired) electrons. The highest BCUT2D eigenvalue weighted by Gasteiger charge is 2.17. The number of rotatable bonds is 46. The molecule has 56 heavy (non-hydrogen) atoms. The molecule has 0 saturated carbocycles. The summed E-state index contributed by atoms with van der Waals surface area (Å²) in [6.07, 6.45) is 64.3. The predicted molar refractivity (Wildman–Crippen MR) is 248 cm³/mol. The smallest absolute Gasteiger partial charge is 0.220 e. The molecule has 0 spiro atoms. The van der Waals surface area contributed by atoms with Crippen molar-refractivity contribution in [3.05, 3.63) is 36.5 Å². The van der Waals surface area contributed by atoms with Gasteiger partial charge in [-0.15, -0.1) is 0 Å². The van der Waals surface area contributed by atoms with E-state index < -0.39 is 12.1 Å². The minimum Gasteiger partial charge on any atom is -0.394 e. The SMILES string of the molecule is CCCCCCCCCCC/C=C/CC/C=C/CC/C=C/C(O)C(CO)NC(=O)CCCCCCCCCCCCCCCCCCCCCCCCCCC. The van der Waals surface area contributed by atoms with E-state index in [0.717, 1.165) is 38.5 Å². The number of carbonyl (C=O) groups is 1. The molecule has 0 aliphatic heterocycles. The number of aliphatic hydroxyl groups is 2. The molecule has 0 fully saturated rings. The first kappa shape index (κ1) is 54.6. The Bertz CT molecular complexity index is 851. The van der Waals surface area contributed by atoms with Gasteiger partial charge < -0.3 is 15.5 Å². The molecule has 0 aromatic rings. The molecule has 0 saturated heterocycles. The van der Waals surface area contributed by atoms with Crippen molar-refractivity contribution in [1.82, 2.24) is 5.32 Å². The normalized spacial score (nSPS) is 13.1. The molecule has 0 aliphatic rings. The monoisotopic (exact) mass is 786 g/mol. The molecule has 0 heterocycles. The molecule has 330 valence electrons. The van der Waals surface area contributed by atoms with Crippen molar-refractivity contribution in [1.29, 1.82) is 0 Å². The van der Waals surface area contributed by atoms with E-state index >= 15 is 0 Å². The Morgan fingerprint density at radius 3 is 1.04 bits per heavy atom. The van der Waals surface area contributed by atoms with Gasteiger partial charge in [-0.25, -0.2) is 0 Å². The van der Waals surface area contributed by atoms with E-state index in [2.05, 4.69) is 43.5 Å². The summed E-state index contributed by atoms with van der Waals surface area (Å²) in [5.74, 6) is -0.0734. The summed E-state index contributed by atoms with van der Waals surface area (Å²) in [7, 11) is 0. The van der Waals surface area contributed by atoms with Crippen molar-refractivity contribution >= 4 is 5.91 Å². The Kier molecular flexibility index (Phi) is 46.8. The van der Waals surface area contributed by atoms with Gasteiger partial charge in [0, 0.05) is 6.42 Å². The molecule has 0 aromatic carbocycles. The minimum absolute atomic E-state index is 0.0734. The van der Waals surface area contributed by atoms with Crippen LogP contribution in [-0.4, -0.2) is 34.9 Å². The summed E-state index contributed by atoms with van der Waals surface area (Å²) >= 11 is 0. The molecule has 0 aliphatic carbocycles. The van der Waals surface area contributed by atoms with Crippen molar-refractivity contribution in [2.45, 2.75) is 283 Å². The Morgan fingerprint density at radius 2 is 0.696 bits per heavy atom. The largest absolute Gasteiger partial charge is 0.394 e. The van der Waals surface area contributed by atoms with E-state index in [9.17, 15) is 15.0 Å². The lowest BCUT2D eigenvalue weighted by atomic mass is 10.0. The Balaban J connectivity index is 3.54. The summed E-state index contributed by atoms with van der Waals surface area (Å²) in [6.45, 7) is 4.31. The Hall–Kier alpha value is -1.39. The topological polar surface area (TPSA) is 69.6 Å². The molecule has 2 atom stereocenters. The first-order valence-electron chi connectivity index (χ1n) is 25.2. The van der Waals surface area contributed by atoms with Gasteiger partial charge in [0.05, 0.1) is 18.8 Å². The number of carbonyl (C=O) groups excluding carboxylic acids is 1. The molecule has 0 bridgehead atoms. The van der Waals surface area contributed by atoms with Crippen molar-refractivity contribution in [3.63, 3.8) is 0 Å². The number of allylic oxidation sites excluding steroid dienone is 5. The van der Waals surface area contributed by atoms with Crippen LogP contribution in [-0.2, 0) is 4.79 Å².